The Hall–Kier alpha value is -2.43. The van der Waals surface area contributed by atoms with Crippen molar-refractivity contribution in [2.75, 3.05) is 20.6 Å². The summed E-state index contributed by atoms with van der Waals surface area (Å²) in [4.78, 5) is 31.2. The van der Waals surface area contributed by atoms with Crippen LogP contribution in [0, 0.1) is 0 Å². The molecule has 2 aromatic rings. The molecule has 0 aromatic carbocycles. The Kier molecular flexibility index (Phi) is 4.27. The van der Waals surface area contributed by atoms with Crippen LogP contribution in [0.15, 0.2) is 10.6 Å². The second kappa shape index (κ2) is 6.14. The molecule has 7 nitrogen and oxygen atoms in total. The van der Waals surface area contributed by atoms with Crippen LogP contribution < -0.4 is 0 Å². The number of thiophene rings is 1. The lowest BCUT2D eigenvalue weighted by atomic mass is 10.1. The van der Waals surface area contributed by atoms with Gasteiger partial charge in [0.1, 0.15) is 0 Å². The third-order valence-electron chi connectivity index (χ3n) is 3.63. The molecule has 0 radical (unpaired) electrons. The van der Waals surface area contributed by atoms with Gasteiger partial charge in [0.05, 0.1) is 4.88 Å². The molecule has 3 heterocycles. The second-order valence-electron chi connectivity index (χ2n) is 5.66. The molecule has 0 fully saturated rings. The van der Waals surface area contributed by atoms with Crippen molar-refractivity contribution in [2.24, 2.45) is 0 Å². The van der Waals surface area contributed by atoms with Crippen molar-refractivity contribution in [3.63, 3.8) is 0 Å². The zero-order valence-electron chi connectivity index (χ0n) is 13.3. The van der Waals surface area contributed by atoms with Crippen molar-refractivity contribution in [3.8, 4) is 10.7 Å². The van der Waals surface area contributed by atoms with E-state index in [2.05, 4.69) is 14.7 Å². The minimum atomic E-state index is -4.70. The van der Waals surface area contributed by atoms with Crippen LogP contribution in [0.1, 0.15) is 16.3 Å². The number of nitrogens with zero attached hydrogens (tertiary/aromatic N) is 4. The highest BCUT2D eigenvalue weighted by atomic mass is 32.1. The van der Waals surface area contributed by atoms with E-state index in [9.17, 15) is 22.8 Å². The first-order valence-corrected chi connectivity index (χ1v) is 8.02. The second-order valence-corrected chi connectivity index (χ2v) is 6.79. The Morgan fingerprint density at radius 2 is 2.08 bits per heavy atom. The van der Waals surface area contributed by atoms with E-state index in [1.165, 1.54) is 35.2 Å². The zero-order valence-corrected chi connectivity index (χ0v) is 14.1. The van der Waals surface area contributed by atoms with Crippen molar-refractivity contribution in [1.29, 1.82) is 0 Å². The molecule has 0 aliphatic carbocycles. The normalized spacial score (nSPS) is 14.4. The largest absolute Gasteiger partial charge is 0.471 e. The van der Waals surface area contributed by atoms with E-state index in [1.54, 1.807) is 6.07 Å². The van der Waals surface area contributed by atoms with Gasteiger partial charge in [-0.3, -0.25) is 9.59 Å². The van der Waals surface area contributed by atoms with Crippen LogP contribution in [0.25, 0.3) is 10.7 Å². The van der Waals surface area contributed by atoms with E-state index < -0.39 is 23.9 Å². The number of fused-ring (bicyclic) bond motifs is 1. The molecule has 0 saturated carbocycles. The number of amides is 2. The Morgan fingerprint density at radius 3 is 2.68 bits per heavy atom. The Labute approximate surface area is 144 Å². The summed E-state index contributed by atoms with van der Waals surface area (Å²) >= 11 is 1.26. The van der Waals surface area contributed by atoms with Gasteiger partial charge >= 0.3 is 23.9 Å². The fourth-order valence-electron chi connectivity index (χ4n) is 2.38. The number of carbonyl (C=O) groups is 2. The highest BCUT2D eigenvalue weighted by molar-refractivity contribution is 7.15. The summed E-state index contributed by atoms with van der Waals surface area (Å²) < 4.78 is 41.9. The van der Waals surface area contributed by atoms with Crippen molar-refractivity contribution in [3.05, 3.63) is 22.4 Å². The van der Waals surface area contributed by atoms with Crippen LogP contribution in [0.5, 0.6) is 0 Å². The Bertz CT molecular complexity index is 828. The number of aromatic nitrogens is 2. The maximum Gasteiger partial charge on any atom is 0.471 e. The average molecular weight is 374 g/mol. The molecule has 0 unspecified atom stereocenters. The van der Waals surface area contributed by atoms with E-state index in [1.807, 2.05) is 0 Å². The van der Waals surface area contributed by atoms with Crippen molar-refractivity contribution >= 4 is 23.2 Å². The van der Waals surface area contributed by atoms with E-state index in [0.29, 0.717) is 17.8 Å². The first kappa shape index (κ1) is 17.4. The van der Waals surface area contributed by atoms with Crippen LogP contribution in [0.2, 0.25) is 0 Å². The predicted molar refractivity (Wildman–Crippen MR) is 80.4 cm³/mol. The standard InChI is InChI=1S/C14H13F3N4O3S/c1-20(2)11(22)12(23)21-4-3-8-7(6-21)5-9(25-8)10-18-13(24-19-10)14(15,16)17/h5H,3-4,6H2,1-2H3. The van der Waals surface area contributed by atoms with Gasteiger partial charge in [-0.2, -0.15) is 18.2 Å². The lowest BCUT2D eigenvalue weighted by molar-refractivity contribution is -0.159. The lowest BCUT2D eigenvalue weighted by Gasteiger charge is -2.27. The summed E-state index contributed by atoms with van der Waals surface area (Å²) in [5.41, 5.74) is 0.768. The maximum atomic E-state index is 12.6. The monoisotopic (exact) mass is 374 g/mol. The summed E-state index contributed by atoms with van der Waals surface area (Å²) in [6.45, 7) is 0.583. The topological polar surface area (TPSA) is 79.5 Å². The molecule has 1 aliphatic heterocycles. The quantitative estimate of drug-likeness (QED) is 0.711. The number of hydrogen-bond acceptors (Lipinski definition) is 6. The lowest BCUT2D eigenvalue weighted by Crippen LogP contribution is -2.44. The number of hydrogen-bond donors (Lipinski definition) is 0. The summed E-state index contributed by atoms with van der Waals surface area (Å²) in [5, 5.41) is 3.36. The van der Waals surface area contributed by atoms with Crippen molar-refractivity contribution < 1.29 is 27.3 Å². The Morgan fingerprint density at radius 1 is 1.36 bits per heavy atom. The van der Waals surface area contributed by atoms with Crippen LogP contribution in [0.4, 0.5) is 13.2 Å². The fourth-order valence-corrected chi connectivity index (χ4v) is 3.47. The average Bonchev–Trinajstić information content (AvgIpc) is 3.18. The highest BCUT2D eigenvalue weighted by Crippen LogP contribution is 2.35. The van der Waals surface area contributed by atoms with Gasteiger partial charge in [0, 0.05) is 32.1 Å². The van der Waals surface area contributed by atoms with Crippen LogP contribution in [-0.2, 0) is 28.7 Å². The van der Waals surface area contributed by atoms with Gasteiger partial charge in [-0.05, 0) is 18.1 Å². The van der Waals surface area contributed by atoms with Gasteiger partial charge < -0.3 is 14.3 Å². The molecule has 1 aliphatic rings. The van der Waals surface area contributed by atoms with Gasteiger partial charge in [-0.1, -0.05) is 5.16 Å². The SMILES string of the molecule is CN(C)C(=O)C(=O)N1CCc2sc(-c3noc(C(F)(F)F)n3)cc2C1. The molecule has 25 heavy (non-hydrogen) atoms. The smallest absolute Gasteiger partial charge is 0.341 e. The molecule has 0 spiro atoms. The molecule has 11 heteroatoms. The number of carbonyl (C=O) groups excluding carboxylic acids is 2. The summed E-state index contributed by atoms with van der Waals surface area (Å²) in [7, 11) is 2.99. The van der Waals surface area contributed by atoms with Crippen LogP contribution in [-0.4, -0.2) is 52.4 Å². The predicted octanol–water partition coefficient (Wildman–Crippen LogP) is 1.79. The van der Waals surface area contributed by atoms with E-state index >= 15 is 0 Å². The molecular weight excluding hydrogens is 361 g/mol. The Balaban J connectivity index is 1.80. The number of alkyl halides is 3. The molecule has 0 N–H and O–H groups in total. The molecule has 0 saturated heterocycles. The molecule has 134 valence electrons. The third kappa shape index (κ3) is 3.36. The van der Waals surface area contributed by atoms with Gasteiger partial charge in [0.25, 0.3) is 0 Å². The maximum absolute atomic E-state index is 12.6. The van der Waals surface area contributed by atoms with Gasteiger partial charge in [0.2, 0.25) is 5.82 Å². The van der Waals surface area contributed by atoms with Crippen molar-refractivity contribution in [1.82, 2.24) is 19.9 Å². The molecule has 2 aromatic heterocycles. The summed E-state index contributed by atoms with van der Waals surface area (Å²) in [5.74, 6) is -2.77. The molecule has 0 bridgehead atoms. The molecule has 3 rings (SSSR count). The highest BCUT2D eigenvalue weighted by Gasteiger charge is 2.39. The first-order valence-electron chi connectivity index (χ1n) is 7.20. The van der Waals surface area contributed by atoms with Crippen LogP contribution >= 0.6 is 11.3 Å². The van der Waals surface area contributed by atoms with Crippen molar-refractivity contribution in [2.45, 2.75) is 19.1 Å². The number of halogens is 3. The molecule has 2 amide bonds. The number of likely N-dealkylation sites (N-methyl/N-ethyl adjacent to an activating group) is 1. The van der Waals surface area contributed by atoms with E-state index in [-0.39, 0.29) is 12.4 Å². The fraction of sp³-hybridized carbons (Fsp3) is 0.429. The minimum absolute atomic E-state index is 0.144. The van der Waals surface area contributed by atoms with Gasteiger partial charge in [0.15, 0.2) is 0 Å². The van der Waals surface area contributed by atoms with Gasteiger partial charge in [-0.25, -0.2) is 0 Å². The van der Waals surface area contributed by atoms with Gasteiger partial charge in [-0.15, -0.1) is 11.3 Å². The summed E-state index contributed by atoms with van der Waals surface area (Å²) in [6.07, 6.45) is -4.19. The summed E-state index contributed by atoms with van der Waals surface area (Å²) in [6, 6.07) is 1.63. The number of rotatable bonds is 1. The molecule has 0 atom stereocenters. The van der Waals surface area contributed by atoms with E-state index in [4.69, 9.17) is 0 Å². The minimum Gasteiger partial charge on any atom is -0.341 e. The zero-order chi connectivity index (χ0) is 18.4. The van der Waals surface area contributed by atoms with Crippen LogP contribution in [0.3, 0.4) is 0 Å². The molecular formula is C14H13F3N4O3S. The first-order chi connectivity index (χ1) is 11.7. The third-order valence-corrected chi connectivity index (χ3v) is 4.86. The van der Waals surface area contributed by atoms with E-state index in [0.717, 1.165) is 10.4 Å².